The molecule has 4 nitrogen and oxygen atoms in total. The molecular weight excluding hydrogens is 300 g/mol. The summed E-state index contributed by atoms with van der Waals surface area (Å²) in [5.41, 5.74) is 2.52. The molecule has 3 rings (SSSR count). The maximum Gasteiger partial charge on any atom is 0.306 e. The minimum atomic E-state index is -0.0889. The number of benzene rings is 1. The van der Waals surface area contributed by atoms with E-state index < -0.39 is 0 Å². The Morgan fingerprint density at radius 2 is 2.08 bits per heavy atom. The van der Waals surface area contributed by atoms with Crippen molar-refractivity contribution in [2.75, 3.05) is 13.2 Å². The van der Waals surface area contributed by atoms with Crippen LogP contribution < -0.4 is 0 Å². The molecule has 1 aromatic carbocycles. The molecule has 24 heavy (non-hydrogen) atoms. The molecule has 0 aliphatic carbocycles. The normalized spacial score (nSPS) is 20.9. The van der Waals surface area contributed by atoms with Gasteiger partial charge in [0.1, 0.15) is 0 Å². The number of aromatic nitrogens is 1. The lowest BCUT2D eigenvalue weighted by Gasteiger charge is -2.24. The highest BCUT2D eigenvalue weighted by Gasteiger charge is 2.34. The second kappa shape index (κ2) is 8.06. The second-order valence-corrected chi connectivity index (χ2v) is 6.33. The van der Waals surface area contributed by atoms with Gasteiger partial charge in [-0.2, -0.15) is 0 Å². The van der Waals surface area contributed by atoms with Crippen molar-refractivity contribution in [1.82, 2.24) is 9.88 Å². The molecular formula is C20H24N2O2. The van der Waals surface area contributed by atoms with Crippen LogP contribution in [0.25, 0.3) is 0 Å². The number of rotatable bonds is 6. The Bertz CT molecular complexity index is 645. The van der Waals surface area contributed by atoms with Crippen LogP contribution in [0.4, 0.5) is 0 Å². The fourth-order valence-corrected chi connectivity index (χ4v) is 3.51. The Labute approximate surface area is 143 Å². The van der Waals surface area contributed by atoms with E-state index in [9.17, 15) is 4.79 Å². The predicted octanol–water partition coefficient (Wildman–Crippen LogP) is 3.60. The number of esters is 1. The molecule has 126 valence electrons. The molecule has 2 heterocycles. The first-order valence-corrected chi connectivity index (χ1v) is 8.59. The largest absolute Gasteiger partial charge is 0.466 e. The summed E-state index contributed by atoms with van der Waals surface area (Å²) in [6.07, 6.45) is 5.21. The predicted molar refractivity (Wildman–Crippen MR) is 93.2 cm³/mol. The van der Waals surface area contributed by atoms with Gasteiger partial charge in [0.25, 0.3) is 0 Å². The number of ether oxygens (including phenoxy) is 1. The fraction of sp³-hybridized carbons (Fsp3) is 0.400. The van der Waals surface area contributed by atoms with Gasteiger partial charge in [-0.1, -0.05) is 36.4 Å². The summed E-state index contributed by atoms with van der Waals surface area (Å²) in [7, 11) is 0. The van der Waals surface area contributed by atoms with E-state index >= 15 is 0 Å². The third-order valence-electron chi connectivity index (χ3n) is 4.55. The Hall–Kier alpha value is -2.20. The van der Waals surface area contributed by atoms with E-state index in [1.54, 1.807) is 6.20 Å². The Balaban J connectivity index is 1.74. The van der Waals surface area contributed by atoms with Gasteiger partial charge in [0.05, 0.1) is 6.61 Å². The van der Waals surface area contributed by atoms with E-state index in [2.05, 4.69) is 40.2 Å². The van der Waals surface area contributed by atoms with Crippen molar-refractivity contribution < 1.29 is 9.53 Å². The lowest BCUT2D eigenvalue weighted by atomic mass is 9.98. The van der Waals surface area contributed by atoms with Crippen molar-refractivity contribution in [3.8, 4) is 0 Å². The van der Waals surface area contributed by atoms with Crippen molar-refractivity contribution >= 4 is 5.97 Å². The lowest BCUT2D eigenvalue weighted by molar-refractivity contribution is -0.144. The molecule has 2 aromatic rings. The van der Waals surface area contributed by atoms with E-state index in [4.69, 9.17) is 4.74 Å². The molecule has 0 radical (unpaired) electrons. The maximum atomic E-state index is 11.9. The van der Waals surface area contributed by atoms with Crippen LogP contribution >= 0.6 is 0 Å². The summed E-state index contributed by atoms with van der Waals surface area (Å²) >= 11 is 0. The van der Waals surface area contributed by atoms with Gasteiger partial charge in [-0.3, -0.25) is 14.7 Å². The molecule has 1 aliphatic heterocycles. The van der Waals surface area contributed by atoms with Gasteiger partial charge in [0.2, 0.25) is 0 Å². The molecule has 2 unspecified atom stereocenters. The molecule has 2 atom stereocenters. The molecule has 0 bridgehead atoms. The molecule has 0 spiro atoms. The van der Waals surface area contributed by atoms with Crippen LogP contribution in [-0.4, -0.2) is 29.0 Å². The Morgan fingerprint density at radius 1 is 1.25 bits per heavy atom. The van der Waals surface area contributed by atoms with Crippen LogP contribution in [0.1, 0.15) is 36.9 Å². The van der Waals surface area contributed by atoms with Crippen LogP contribution in [0.3, 0.4) is 0 Å². The van der Waals surface area contributed by atoms with E-state index in [1.807, 2.05) is 25.3 Å². The SMILES string of the molecule is CCOC(=O)CC1CC(c2cccnc2)N(Cc2ccccc2)C1. The number of hydrogen-bond donors (Lipinski definition) is 0. The van der Waals surface area contributed by atoms with Crippen molar-refractivity contribution in [1.29, 1.82) is 0 Å². The second-order valence-electron chi connectivity index (χ2n) is 6.33. The van der Waals surface area contributed by atoms with Gasteiger partial charge in [-0.15, -0.1) is 0 Å². The number of likely N-dealkylation sites (tertiary alicyclic amines) is 1. The topological polar surface area (TPSA) is 42.4 Å². The van der Waals surface area contributed by atoms with Crippen LogP contribution in [0, 0.1) is 5.92 Å². The standard InChI is InChI=1S/C20H24N2O2/c1-2-24-20(23)12-17-11-19(18-9-6-10-21-13-18)22(15-17)14-16-7-4-3-5-8-16/h3-10,13,17,19H,2,11-12,14-15H2,1H3. The van der Waals surface area contributed by atoms with Crippen LogP contribution in [0.15, 0.2) is 54.9 Å². The van der Waals surface area contributed by atoms with Crippen molar-refractivity contribution in [3.63, 3.8) is 0 Å². The molecule has 4 heteroatoms. The number of carbonyl (C=O) groups is 1. The number of carbonyl (C=O) groups excluding carboxylic acids is 1. The highest BCUT2D eigenvalue weighted by molar-refractivity contribution is 5.69. The van der Waals surface area contributed by atoms with Gasteiger partial charge in [0.15, 0.2) is 0 Å². The van der Waals surface area contributed by atoms with E-state index in [0.29, 0.717) is 25.0 Å². The van der Waals surface area contributed by atoms with Gasteiger partial charge < -0.3 is 4.74 Å². The monoisotopic (exact) mass is 324 g/mol. The van der Waals surface area contributed by atoms with Crippen molar-refractivity contribution in [3.05, 3.63) is 66.0 Å². The number of pyridine rings is 1. The zero-order valence-electron chi connectivity index (χ0n) is 14.1. The summed E-state index contributed by atoms with van der Waals surface area (Å²) in [6.45, 7) is 4.10. The first-order chi connectivity index (χ1) is 11.8. The molecule has 1 aromatic heterocycles. The molecule has 0 saturated carbocycles. The first-order valence-electron chi connectivity index (χ1n) is 8.59. The third-order valence-corrected chi connectivity index (χ3v) is 4.55. The zero-order chi connectivity index (χ0) is 16.8. The average molecular weight is 324 g/mol. The quantitative estimate of drug-likeness (QED) is 0.762. The summed E-state index contributed by atoms with van der Waals surface area (Å²) in [5, 5.41) is 0. The van der Waals surface area contributed by atoms with Crippen LogP contribution in [-0.2, 0) is 16.1 Å². The molecule has 1 fully saturated rings. The zero-order valence-corrected chi connectivity index (χ0v) is 14.1. The summed E-state index contributed by atoms with van der Waals surface area (Å²) < 4.78 is 5.13. The highest BCUT2D eigenvalue weighted by Crippen LogP contribution is 2.37. The third kappa shape index (κ3) is 4.20. The average Bonchev–Trinajstić information content (AvgIpc) is 2.99. The van der Waals surface area contributed by atoms with E-state index in [0.717, 1.165) is 19.5 Å². The van der Waals surface area contributed by atoms with E-state index in [1.165, 1.54) is 11.1 Å². The molecule has 0 N–H and O–H groups in total. The smallest absolute Gasteiger partial charge is 0.306 e. The molecule has 1 aliphatic rings. The van der Waals surface area contributed by atoms with Gasteiger partial charge in [-0.05, 0) is 36.5 Å². The Morgan fingerprint density at radius 3 is 2.79 bits per heavy atom. The minimum absolute atomic E-state index is 0.0889. The fourth-order valence-electron chi connectivity index (χ4n) is 3.51. The van der Waals surface area contributed by atoms with Crippen molar-refractivity contribution in [2.24, 2.45) is 5.92 Å². The minimum Gasteiger partial charge on any atom is -0.466 e. The lowest BCUT2D eigenvalue weighted by Crippen LogP contribution is -2.24. The molecule has 1 saturated heterocycles. The number of nitrogens with zero attached hydrogens (tertiary/aromatic N) is 2. The van der Waals surface area contributed by atoms with Gasteiger partial charge in [-0.25, -0.2) is 0 Å². The maximum absolute atomic E-state index is 11.9. The summed E-state index contributed by atoms with van der Waals surface area (Å²) in [6, 6.07) is 14.9. The van der Waals surface area contributed by atoms with Crippen LogP contribution in [0.5, 0.6) is 0 Å². The number of hydrogen-bond acceptors (Lipinski definition) is 4. The Kier molecular flexibility index (Phi) is 5.59. The molecule has 0 amide bonds. The van der Waals surface area contributed by atoms with E-state index in [-0.39, 0.29) is 5.97 Å². The van der Waals surface area contributed by atoms with Crippen molar-refractivity contribution in [2.45, 2.75) is 32.4 Å². The highest BCUT2D eigenvalue weighted by atomic mass is 16.5. The summed E-state index contributed by atoms with van der Waals surface area (Å²) in [5.74, 6) is 0.243. The van der Waals surface area contributed by atoms with Gasteiger partial charge in [0, 0.05) is 37.9 Å². The van der Waals surface area contributed by atoms with Crippen LogP contribution in [0.2, 0.25) is 0 Å². The first kappa shape index (κ1) is 16.7. The summed E-state index contributed by atoms with van der Waals surface area (Å²) in [4.78, 5) is 18.6. The van der Waals surface area contributed by atoms with Gasteiger partial charge >= 0.3 is 5.97 Å².